The minimum atomic E-state index is 0.322. The van der Waals surface area contributed by atoms with E-state index in [1.165, 1.54) is 44.2 Å². The molecule has 2 atom stereocenters. The Hall–Kier alpha value is -0.830. The molecule has 3 rings (SSSR count). The normalized spacial score (nSPS) is 31.3. The molecule has 0 aromatic carbocycles. The van der Waals surface area contributed by atoms with Crippen molar-refractivity contribution in [3.63, 3.8) is 0 Å². The summed E-state index contributed by atoms with van der Waals surface area (Å²) in [5, 5.41) is 3.48. The van der Waals surface area contributed by atoms with Crippen LogP contribution in [0.4, 0.5) is 0 Å². The standard InChI is InChI=1S/C16H27N3/c1-13-4-3-5-14(10-13)19-12-18-11-15(19)16(2)6-8-17-9-7-16/h11-14,17H,3-10H2,1-2H3. The quantitative estimate of drug-likeness (QED) is 0.885. The van der Waals surface area contributed by atoms with Crippen LogP contribution in [0.1, 0.15) is 64.1 Å². The zero-order valence-corrected chi connectivity index (χ0v) is 12.4. The number of imidazole rings is 1. The molecule has 1 aliphatic heterocycles. The van der Waals surface area contributed by atoms with Gasteiger partial charge in [-0.2, -0.15) is 0 Å². The number of aromatic nitrogens is 2. The highest BCUT2D eigenvalue weighted by Gasteiger charge is 2.33. The van der Waals surface area contributed by atoms with Gasteiger partial charge in [0.15, 0.2) is 0 Å². The summed E-state index contributed by atoms with van der Waals surface area (Å²) in [5.41, 5.74) is 1.80. The number of nitrogens with zero attached hydrogens (tertiary/aromatic N) is 2. The average molecular weight is 261 g/mol. The zero-order chi connectivity index (χ0) is 13.3. The highest BCUT2D eigenvalue weighted by Crippen LogP contribution is 2.38. The molecule has 1 aromatic rings. The van der Waals surface area contributed by atoms with Crippen molar-refractivity contribution in [1.82, 2.24) is 14.9 Å². The third-order valence-corrected chi connectivity index (χ3v) is 5.29. The maximum absolute atomic E-state index is 4.49. The van der Waals surface area contributed by atoms with Gasteiger partial charge in [-0.3, -0.25) is 0 Å². The lowest BCUT2D eigenvalue weighted by Crippen LogP contribution is -2.39. The van der Waals surface area contributed by atoms with Crippen molar-refractivity contribution in [1.29, 1.82) is 0 Å². The number of rotatable bonds is 2. The number of nitrogens with one attached hydrogen (secondary N) is 1. The van der Waals surface area contributed by atoms with Gasteiger partial charge in [-0.15, -0.1) is 0 Å². The summed E-state index contributed by atoms with van der Waals surface area (Å²) in [7, 11) is 0. The van der Waals surface area contributed by atoms with E-state index in [1.807, 2.05) is 0 Å². The van der Waals surface area contributed by atoms with Crippen molar-refractivity contribution >= 4 is 0 Å². The second-order valence-electron chi connectivity index (χ2n) is 6.92. The Morgan fingerprint density at radius 1 is 1.32 bits per heavy atom. The molecule has 0 bridgehead atoms. The van der Waals surface area contributed by atoms with E-state index in [0.29, 0.717) is 11.5 Å². The average Bonchev–Trinajstić information content (AvgIpc) is 2.89. The molecule has 19 heavy (non-hydrogen) atoms. The molecule has 2 heterocycles. The molecular formula is C16H27N3. The zero-order valence-electron chi connectivity index (χ0n) is 12.4. The Labute approximate surface area is 116 Å². The van der Waals surface area contributed by atoms with E-state index < -0.39 is 0 Å². The highest BCUT2D eigenvalue weighted by molar-refractivity contribution is 5.16. The molecule has 2 unspecified atom stereocenters. The predicted octanol–water partition coefficient (Wildman–Crippen LogP) is 3.28. The SMILES string of the molecule is CC1CCCC(n2cncc2C2(C)CCNCC2)C1. The van der Waals surface area contributed by atoms with Crippen LogP contribution < -0.4 is 5.32 Å². The Bertz CT molecular complexity index is 417. The maximum Gasteiger partial charge on any atom is 0.0950 e. The summed E-state index contributed by atoms with van der Waals surface area (Å²) in [6.07, 6.45) is 12.1. The van der Waals surface area contributed by atoms with Crippen molar-refractivity contribution in [2.24, 2.45) is 5.92 Å². The van der Waals surface area contributed by atoms with Crippen molar-refractivity contribution in [2.75, 3.05) is 13.1 Å². The van der Waals surface area contributed by atoms with Crippen molar-refractivity contribution < 1.29 is 0 Å². The lowest BCUT2D eigenvalue weighted by Gasteiger charge is -2.37. The van der Waals surface area contributed by atoms with E-state index in [2.05, 4.69) is 41.2 Å². The molecule has 1 N–H and O–H groups in total. The minimum Gasteiger partial charge on any atom is -0.331 e. The molecule has 0 spiro atoms. The largest absolute Gasteiger partial charge is 0.331 e. The van der Waals surface area contributed by atoms with Crippen molar-refractivity contribution in [2.45, 2.75) is 63.8 Å². The summed E-state index contributed by atoms with van der Waals surface area (Å²) in [4.78, 5) is 4.49. The topological polar surface area (TPSA) is 29.9 Å². The summed E-state index contributed by atoms with van der Waals surface area (Å²) in [6, 6.07) is 0.688. The van der Waals surface area contributed by atoms with Crippen molar-refractivity contribution in [3.8, 4) is 0 Å². The molecule has 0 amide bonds. The van der Waals surface area contributed by atoms with Crippen LogP contribution in [0.3, 0.4) is 0 Å². The third kappa shape index (κ3) is 2.58. The monoisotopic (exact) mass is 261 g/mol. The molecular weight excluding hydrogens is 234 g/mol. The molecule has 3 nitrogen and oxygen atoms in total. The number of hydrogen-bond donors (Lipinski definition) is 1. The van der Waals surface area contributed by atoms with Gasteiger partial charge in [-0.05, 0) is 44.7 Å². The second-order valence-corrected chi connectivity index (χ2v) is 6.92. The first-order valence-electron chi connectivity index (χ1n) is 7.92. The molecule has 2 fully saturated rings. The van der Waals surface area contributed by atoms with Gasteiger partial charge in [0.25, 0.3) is 0 Å². The van der Waals surface area contributed by atoms with Gasteiger partial charge in [-0.25, -0.2) is 4.98 Å². The fraction of sp³-hybridized carbons (Fsp3) is 0.812. The predicted molar refractivity (Wildman–Crippen MR) is 78.4 cm³/mol. The van der Waals surface area contributed by atoms with Crippen LogP contribution in [-0.2, 0) is 5.41 Å². The van der Waals surface area contributed by atoms with Gasteiger partial charge < -0.3 is 9.88 Å². The van der Waals surface area contributed by atoms with E-state index in [1.54, 1.807) is 0 Å². The Morgan fingerprint density at radius 3 is 2.84 bits per heavy atom. The van der Waals surface area contributed by atoms with Gasteiger partial charge in [-0.1, -0.05) is 26.7 Å². The summed E-state index contributed by atoms with van der Waals surface area (Å²) < 4.78 is 2.51. The first-order chi connectivity index (χ1) is 9.19. The Morgan fingerprint density at radius 2 is 2.11 bits per heavy atom. The van der Waals surface area contributed by atoms with E-state index in [9.17, 15) is 0 Å². The molecule has 2 aliphatic rings. The smallest absolute Gasteiger partial charge is 0.0950 e. The lowest BCUT2D eigenvalue weighted by atomic mass is 9.77. The van der Waals surface area contributed by atoms with E-state index in [4.69, 9.17) is 0 Å². The fourth-order valence-corrected chi connectivity index (χ4v) is 3.95. The lowest BCUT2D eigenvalue weighted by molar-refractivity contribution is 0.254. The second kappa shape index (κ2) is 5.28. The number of hydrogen-bond acceptors (Lipinski definition) is 2. The van der Waals surface area contributed by atoms with Gasteiger partial charge in [0.05, 0.1) is 6.33 Å². The maximum atomic E-state index is 4.49. The highest BCUT2D eigenvalue weighted by atomic mass is 15.1. The summed E-state index contributed by atoms with van der Waals surface area (Å²) in [5.74, 6) is 0.870. The molecule has 0 radical (unpaired) electrons. The van der Waals surface area contributed by atoms with Crippen LogP contribution in [0, 0.1) is 5.92 Å². The molecule has 3 heteroatoms. The van der Waals surface area contributed by atoms with E-state index in [-0.39, 0.29) is 0 Å². The molecule has 1 saturated heterocycles. The number of piperidine rings is 1. The molecule has 1 aliphatic carbocycles. The van der Waals surface area contributed by atoms with Gasteiger partial charge >= 0.3 is 0 Å². The molecule has 1 aromatic heterocycles. The molecule has 106 valence electrons. The summed E-state index contributed by atoms with van der Waals surface area (Å²) >= 11 is 0. The van der Waals surface area contributed by atoms with Crippen LogP contribution in [-0.4, -0.2) is 22.6 Å². The molecule has 1 saturated carbocycles. The van der Waals surface area contributed by atoms with E-state index in [0.717, 1.165) is 19.0 Å². The van der Waals surface area contributed by atoms with Crippen LogP contribution in [0.2, 0.25) is 0 Å². The van der Waals surface area contributed by atoms with Crippen LogP contribution in [0.5, 0.6) is 0 Å². The van der Waals surface area contributed by atoms with Gasteiger partial charge in [0.2, 0.25) is 0 Å². The van der Waals surface area contributed by atoms with Gasteiger partial charge in [0, 0.05) is 23.3 Å². The van der Waals surface area contributed by atoms with Crippen LogP contribution in [0.25, 0.3) is 0 Å². The van der Waals surface area contributed by atoms with E-state index >= 15 is 0 Å². The van der Waals surface area contributed by atoms with Gasteiger partial charge in [0.1, 0.15) is 0 Å². The Balaban J connectivity index is 1.85. The first-order valence-corrected chi connectivity index (χ1v) is 7.92. The summed E-state index contributed by atoms with van der Waals surface area (Å²) in [6.45, 7) is 7.11. The van der Waals surface area contributed by atoms with Crippen molar-refractivity contribution in [3.05, 3.63) is 18.2 Å². The minimum absolute atomic E-state index is 0.322. The van der Waals surface area contributed by atoms with Crippen LogP contribution >= 0.6 is 0 Å². The third-order valence-electron chi connectivity index (χ3n) is 5.29. The first kappa shape index (κ1) is 13.2. The fourth-order valence-electron chi connectivity index (χ4n) is 3.95. The Kier molecular flexibility index (Phi) is 3.66. The van der Waals surface area contributed by atoms with Crippen LogP contribution in [0.15, 0.2) is 12.5 Å².